The fourth-order valence-corrected chi connectivity index (χ4v) is 2.26. The van der Waals surface area contributed by atoms with Gasteiger partial charge in [-0.1, -0.05) is 29.3 Å². The first-order chi connectivity index (χ1) is 12.0. The van der Waals surface area contributed by atoms with E-state index in [4.69, 9.17) is 27.9 Å². The van der Waals surface area contributed by atoms with Crippen LogP contribution in [0.4, 0.5) is 11.4 Å². The van der Waals surface area contributed by atoms with Gasteiger partial charge in [0.15, 0.2) is 0 Å². The summed E-state index contributed by atoms with van der Waals surface area (Å²) in [5, 5.41) is 15.2. The van der Waals surface area contributed by atoms with E-state index in [0.29, 0.717) is 23.0 Å². The minimum absolute atomic E-state index is 0.107. The molecule has 5 nitrogen and oxygen atoms in total. The van der Waals surface area contributed by atoms with E-state index >= 15 is 0 Å². The van der Waals surface area contributed by atoms with Crippen LogP contribution in [-0.2, 0) is 4.79 Å². The van der Waals surface area contributed by atoms with Crippen molar-refractivity contribution in [3.05, 3.63) is 64.3 Å². The summed E-state index contributed by atoms with van der Waals surface area (Å²) in [6, 6.07) is 13.8. The van der Waals surface area contributed by atoms with Gasteiger partial charge in [-0.25, -0.2) is 0 Å². The van der Waals surface area contributed by atoms with Gasteiger partial charge in [0.25, 0.3) is 5.91 Å². The average Bonchev–Trinajstić information content (AvgIpc) is 2.61. The second-order valence-electron chi connectivity index (χ2n) is 4.83. The Morgan fingerprint density at radius 1 is 1.24 bits per heavy atom. The molecule has 0 atom stereocenters. The molecule has 2 rings (SSSR count). The first kappa shape index (κ1) is 18.7. The van der Waals surface area contributed by atoms with Crippen molar-refractivity contribution in [2.45, 2.75) is 6.92 Å². The lowest BCUT2D eigenvalue weighted by atomic mass is 10.2. The highest BCUT2D eigenvalue weighted by Gasteiger charge is 2.12. The van der Waals surface area contributed by atoms with E-state index in [9.17, 15) is 10.1 Å². The molecule has 25 heavy (non-hydrogen) atoms. The predicted molar refractivity (Wildman–Crippen MR) is 100 cm³/mol. The van der Waals surface area contributed by atoms with Gasteiger partial charge in [-0.3, -0.25) is 4.79 Å². The number of nitrogens with zero attached hydrogens (tertiary/aromatic N) is 1. The molecule has 2 aromatic carbocycles. The molecule has 0 aliphatic heterocycles. The van der Waals surface area contributed by atoms with E-state index in [1.807, 2.05) is 13.0 Å². The Bertz CT molecular complexity index is 827. The highest BCUT2D eigenvalue weighted by atomic mass is 35.5. The van der Waals surface area contributed by atoms with Crippen LogP contribution in [0.5, 0.6) is 5.75 Å². The van der Waals surface area contributed by atoms with Gasteiger partial charge in [-0.2, -0.15) is 5.26 Å². The monoisotopic (exact) mass is 375 g/mol. The SMILES string of the molecule is CCOc1ccc(N/C=C(/C#N)C(=O)Nc2cccc(Cl)c2Cl)cc1. The number of amides is 1. The Labute approximate surface area is 155 Å². The summed E-state index contributed by atoms with van der Waals surface area (Å²) >= 11 is 11.9. The number of nitriles is 1. The van der Waals surface area contributed by atoms with Crippen LogP contribution in [0.25, 0.3) is 0 Å². The van der Waals surface area contributed by atoms with E-state index in [-0.39, 0.29) is 10.6 Å². The van der Waals surface area contributed by atoms with E-state index in [2.05, 4.69) is 10.6 Å². The molecular weight excluding hydrogens is 361 g/mol. The molecule has 0 aliphatic rings. The summed E-state index contributed by atoms with van der Waals surface area (Å²) in [5.41, 5.74) is 0.941. The third kappa shape index (κ3) is 5.15. The quantitative estimate of drug-likeness (QED) is 0.558. The van der Waals surface area contributed by atoms with E-state index < -0.39 is 5.91 Å². The molecule has 0 spiro atoms. The van der Waals surface area contributed by atoms with Crippen LogP contribution in [0.1, 0.15) is 6.92 Å². The Kier molecular flexibility index (Phi) is 6.70. The van der Waals surface area contributed by atoms with Crippen LogP contribution in [0.15, 0.2) is 54.2 Å². The number of anilines is 2. The highest BCUT2D eigenvalue weighted by Crippen LogP contribution is 2.29. The molecule has 0 aliphatic carbocycles. The topological polar surface area (TPSA) is 74.1 Å². The van der Waals surface area contributed by atoms with Gasteiger partial charge in [0.1, 0.15) is 17.4 Å². The Morgan fingerprint density at radius 2 is 1.96 bits per heavy atom. The first-order valence-electron chi connectivity index (χ1n) is 7.40. The van der Waals surface area contributed by atoms with Crippen LogP contribution in [0.2, 0.25) is 10.0 Å². The number of hydrogen-bond donors (Lipinski definition) is 2. The number of carbonyl (C=O) groups is 1. The fraction of sp³-hybridized carbons (Fsp3) is 0.111. The van der Waals surface area contributed by atoms with Crippen molar-refractivity contribution >= 4 is 40.5 Å². The Morgan fingerprint density at radius 3 is 2.60 bits per heavy atom. The lowest BCUT2D eigenvalue weighted by Crippen LogP contribution is -2.14. The Hall–Kier alpha value is -2.68. The summed E-state index contributed by atoms with van der Waals surface area (Å²) in [5.74, 6) is 0.149. The summed E-state index contributed by atoms with van der Waals surface area (Å²) < 4.78 is 5.35. The second kappa shape index (κ2) is 8.97. The minimum Gasteiger partial charge on any atom is -0.494 e. The molecule has 128 valence electrons. The minimum atomic E-state index is -0.592. The lowest BCUT2D eigenvalue weighted by Gasteiger charge is -2.08. The van der Waals surface area contributed by atoms with E-state index in [1.54, 1.807) is 42.5 Å². The smallest absolute Gasteiger partial charge is 0.267 e. The largest absolute Gasteiger partial charge is 0.494 e. The van der Waals surface area contributed by atoms with Crippen molar-refractivity contribution in [1.82, 2.24) is 0 Å². The summed E-state index contributed by atoms with van der Waals surface area (Å²) in [7, 11) is 0. The van der Waals surface area contributed by atoms with Crippen molar-refractivity contribution in [3.63, 3.8) is 0 Å². The van der Waals surface area contributed by atoms with Gasteiger partial charge in [-0.05, 0) is 43.3 Å². The van der Waals surface area contributed by atoms with Crippen LogP contribution >= 0.6 is 23.2 Å². The van der Waals surface area contributed by atoms with Gasteiger partial charge in [-0.15, -0.1) is 0 Å². The van der Waals surface area contributed by atoms with Crippen molar-refractivity contribution < 1.29 is 9.53 Å². The standard InChI is InChI=1S/C18H15Cl2N3O2/c1-2-25-14-8-6-13(7-9-14)22-11-12(10-21)18(24)23-16-5-3-4-15(19)17(16)20/h3-9,11,22H,2H2,1H3,(H,23,24)/b12-11-. The average molecular weight is 376 g/mol. The molecule has 7 heteroatoms. The maximum absolute atomic E-state index is 12.2. The normalized spacial score (nSPS) is 10.7. The number of hydrogen-bond acceptors (Lipinski definition) is 4. The van der Waals surface area contributed by atoms with Crippen LogP contribution in [0, 0.1) is 11.3 Å². The third-order valence-electron chi connectivity index (χ3n) is 3.11. The number of benzene rings is 2. The molecule has 0 bridgehead atoms. The predicted octanol–water partition coefficient (Wildman–Crippen LogP) is 4.85. The van der Waals surface area contributed by atoms with Crippen LogP contribution in [-0.4, -0.2) is 12.5 Å². The van der Waals surface area contributed by atoms with Gasteiger partial charge in [0, 0.05) is 11.9 Å². The molecule has 0 radical (unpaired) electrons. The number of rotatable bonds is 6. The molecule has 0 aromatic heterocycles. The summed E-state index contributed by atoms with van der Waals surface area (Å²) in [6.07, 6.45) is 1.32. The van der Waals surface area contributed by atoms with Gasteiger partial charge in [0.05, 0.1) is 22.3 Å². The molecule has 1 amide bonds. The lowest BCUT2D eigenvalue weighted by molar-refractivity contribution is -0.112. The molecule has 0 saturated carbocycles. The van der Waals surface area contributed by atoms with Crippen molar-refractivity contribution in [3.8, 4) is 11.8 Å². The highest BCUT2D eigenvalue weighted by molar-refractivity contribution is 6.44. The molecule has 0 fully saturated rings. The molecular formula is C18H15Cl2N3O2. The van der Waals surface area contributed by atoms with Gasteiger partial charge >= 0.3 is 0 Å². The maximum Gasteiger partial charge on any atom is 0.267 e. The van der Waals surface area contributed by atoms with Crippen LogP contribution in [0.3, 0.4) is 0 Å². The van der Waals surface area contributed by atoms with Crippen LogP contribution < -0.4 is 15.4 Å². The molecule has 0 heterocycles. The van der Waals surface area contributed by atoms with Crippen molar-refractivity contribution in [1.29, 1.82) is 5.26 Å². The number of nitrogens with one attached hydrogen (secondary N) is 2. The summed E-state index contributed by atoms with van der Waals surface area (Å²) in [6.45, 7) is 2.48. The first-order valence-corrected chi connectivity index (χ1v) is 8.15. The van der Waals surface area contributed by atoms with Crippen molar-refractivity contribution in [2.75, 3.05) is 17.2 Å². The molecule has 2 N–H and O–H groups in total. The zero-order chi connectivity index (χ0) is 18.2. The molecule has 0 unspecified atom stereocenters. The summed E-state index contributed by atoms with van der Waals surface area (Å²) in [4.78, 5) is 12.2. The third-order valence-corrected chi connectivity index (χ3v) is 3.93. The van der Waals surface area contributed by atoms with E-state index in [1.165, 1.54) is 6.20 Å². The number of carbonyl (C=O) groups excluding carboxylic acids is 1. The fourth-order valence-electron chi connectivity index (χ4n) is 1.91. The molecule has 0 saturated heterocycles. The maximum atomic E-state index is 12.2. The zero-order valence-electron chi connectivity index (χ0n) is 13.3. The van der Waals surface area contributed by atoms with Crippen molar-refractivity contribution in [2.24, 2.45) is 0 Å². The number of halogens is 2. The number of ether oxygens (including phenoxy) is 1. The second-order valence-corrected chi connectivity index (χ2v) is 5.61. The Balaban J connectivity index is 2.07. The molecule has 2 aromatic rings. The zero-order valence-corrected chi connectivity index (χ0v) is 14.9. The van der Waals surface area contributed by atoms with Gasteiger partial charge < -0.3 is 15.4 Å². The van der Waals surface area contributed by atoms with Gasteiger partial charge in [0.2, 0.25) is 0 Å². The van der Waals surface area contributed by atoms with E-state index in [0.717, 1.165) is 5.75 Å².